The van der Waals surface area contributed by atoms with Crippen molar-refractivity contribution in [1.29, 1.82) is 0 Å². The molecule has 32 heavy (non-hydrogen) atoms. The Bertz CT molecular complexity index is 1070. The first-order valence-electron chi connectivity index (χ1n) is 9.85. The Morgan fingerprint density at radius 1 is 1.03 bits per heavy atom. The first-order valence-corrected chi connectivity index (χ1v) is 9.85. The fraction of sp³-hybridized carbons (Fsp3) is 0.450. The summed E-state index contributed by atoms with van der Waals surface area (Å²) in [7, 11) is 4.64. The van der Waals surface area contributed by atoms with E-state index >= 15 is 0 Å². The van der Waals surface area contributed by atoms with Crippen LogP contribution in [-0.2, 0) is 11.3 Å². The minimum atomic E-state index is -1.24. The second-order valence-electron chi connectivity index (χ2n) is 7.16. The number of hydrogen-bond acceptors (Lipinski definition) is 11. The smallest absolute Gasteiger partial charge is 0.203 e. The minimum Gasteiger partial charge on any atom is -0.493 e. The SMILES string of the molecule is COc1cc(CNc2ncnc3c2ncn3[C@@H]2O[C@H](CO)[C@@H](O)[C@H]2O)cc(OC)c1OC. The van der Waals surface area contributed by atoms with Gasteiger partial charge < -0.3 is 39.6 Å². The van der Waals surface area contributed by atoms with E-state index in [4.69, 9.17) is 18.9 Å². The van der Waals surface area contributed by atoms with Crippen molar-refractivity contribution >= 4 is 17.0 Å². The van der Waals surface area contributed by atoms with E-state index in [1.807, 2.05) is 12.1 Å². The Labute approximate surface area is 183 Å². The lowest BCUT2D eigenvalue weighted by Crippen LogP contribution is -2.33. The van der Waals surface area contributed by atoms with E-state index in [-0.39, 0.29) is 0 Å². The van der Waals surface area contributed by atoms with Crippen LogP contribution in [0, 0.1) is 0 Å². The summed E-state index contributed by atoms with van der Waals surface area (Å²) in [5.41, 5.74) is 1.72. The molecule has 4 atom stereocenters. The van der Waals surface area contributed by atoms with Gasteiger partial charge in [0.1, 0.15) is 24.6 Å². The molecule has 3 aromatic rings. The van der Waals surface area contributed by atoms with Crippen LogP contribution < -0.4 is 19.5 Å². The molecule has 1 aromatic carbocycles. The normalized spacial score (nSPS) is 22.8. The third kappa shape index (κ3) is 3.77. The highest BCUT2D eigenvalue weighted by atomic mass is 16.6. The molecule has 1 saturated heterocycles. The van der Waals surface area contributed by atoms with Gasteiger partial charge in [0.2, 0.25) is 5.75 Å². The average Bonchev–Trinajstić information content (AvgIpc) is 3.37. The van der Waals surface area contributed by atoms with Gasteiger partial charge in [0.05, 0.1) is 34.3 Å². The Kier molecular flexibility index (Phi) is 6.28. The summed E-state index contributed by atoms with van der Waals surface area (Å²) in [4.78, 5) is 12.9. The largest absolute Gasteiger partial charge is 0.493 e. The molecule has 1 aliphatic rings. The molecule has 4 N–H and O–H groups in total. The van der Waals surface area contributed by atoms with E-state index < -0.39 is 31.1 Å². The number of nitrogens with zero attached hydrogens (tertiary/aromatic N) is 4. The maximum atomic E-state index is 10.3. The van der Waals surface area contributed by atoms with Gasteiger partial charge in [0.25, 0.3) is 0 Å². The van der Waals surface area contributed by atoms with Crippen LogP contribution in [0.25, 0.3) is 11.2 Å². The molecule has 0 spiro atoms. The van der Waals surface area contributed by atoms with Crippen molar-refractivity contribution in [3.63, 3.8) is 0 Å². The number of hydrogen-bond donors (Lipinski definition) is 4. The van der Waals surface area contributed by atoms with Gasteiger partial charge >= 0.3 is 0 Å². The Hall–Kier alpha value is -3.19. The van der Waals surface area contributed by atoms with Gasteiger partial charge in [-0.15, -0.1) is 0 Å². The highest BCUT2D eigenvalue weighted by Crippen LogP contribution is 2.38. The lowest BCUT2D eigenvalue weighted by atomic mass is 10.1. The van der Waals surface area contributed by atoms with E-state index in [0.717, 1.165) is 5.56 Å². The zero-order valence-electron chi connectivity index (χ0n) is 17.8. The average molecular weight is 447 g/mol. The number of ether oxygens (including phenoxy) is 4. The summed E-state index contributed by atoms with van der Waals surface area (Å²) in [5.74, 6) is 2.03. The molecule has 0 radical (unpaired) electrons. The summed E-state index contributed by atoms with van der Waals surface area (Å²) in [6.07, 6.45) is -1.49. The fourth-order valence-corrected chi connectivity index (χ4v) is 3.70. The lowest BCUT2D eigenvalue weighted by Gasteiger charge is -2.16. The number of nitrogens with one attached hydrogen (secondary N) is 1. The third-order valence-corrected chi connectivity index (χ3v) is 5.33. The van der Waals surface area contributed by atoms with Crippen molar-refractivity contribution in [1.82, 2.24) is 19.5 Å². The second kappa shape index (κ2) is 9.12. The molecule has 1 aliphatic heterocycles. The van der Waals surface area contributed by atoms with Gasteiger partial charge in [-0.2, -0.15) is 0 Å². The molecular formula is C20H25N5O7. The molecule has 0 aliphatic carbocycles. The maximum Gasteiger partial charge on any atom is 0.203 e. The van der Waals surface area contributed by atoms with E-state index in [2.05, 4.69) is 20.3 Å². The number of anilines is 1. The molecule has 2 aromatic heterocycles. The van der Waals surface area contributed by atoms with Gasteiger partial charge in [0, 0.05) is 6.54 Å². The number of fused-ring (bicyclic) bond motifs is 1. The van der Waals surface area contributed by atoms with Crippen LogP contribution in [0.4, 0.5) is 5.82 Å². The van der Waals surface area contributed by atoms with Crippen LogP contribution in [0.1, 0.15) is 11.8 Å². The van der Waals surface area contributed by atoms with Crippen molar-refractivity contribution in [2.75, 3.05) is 33.3 Å². The van der Waals surface area contributed by atoms with Gasteiger partial charge in [-0.25, -0.2) is 15.0 Å². The zero-order chi connectivity index (χ0) is 22.8. The quantitative estimate of drug-likeness (QED) is 0.371. The molecule has 0 bridgehead atoms. The number of benzene rings is 1. The monoisotopic (exact) mass is 447 g/mol. The van der Waals surface area contributed by atoms with Crippen molar-refractivity contribution in [3.8, 4) is 17.2 Å². The van der Waals surface area contributed by atoms with Crippen molar-refractivity contribution < 1.29 is 34.3 Å². The number of rotatable bonds is 8. The maximum absolute atomic E-state index is 10.3. The number of aliphatic hydroxyl groups excluding tert-OH is 3. The third-order valence-electron chi connectivity index (χ3n) is 5.33. The van der Waals surface area contributed by atoms with Crippen molar-refractivity contribution in [3.05, 3.63) is 30.4 Å². The van der Waals surface area contributed by atoms with Gasteiger partial charge in [-0.1, -0.05) is 0 Å². The van der Waals surface area contributed by atoms with Crippen LogP contribution in [-0.4, -0.2) is 81.1 Å². The van der Waals surface area contributed by atoms with Gasteiger partial charge in [-0.3, -0.25) is 4.57 Å². The molecule has 4 rings (SSSR count). The molecule has 172 valence electrons. The molecule has 12 heteroatoms. The lowest BCUT2D eigenvalue weighted by molar-refractivity contribution is -0.0511. The fourth-order valence-electron chi connectivity index (χ4n) is 3.70. The Morgan fingerprint density at radius 3 is 2.34 bits per heavy atom. The zero-order valence-corrected chi connectivity index (χ0v) is 17.8. The van der Waals surface area contributed by atoms with E-state index in [1.54, 1.807) is 21.3 Å². The second-order valence-corrected chi connectivity index (χ2v) is 7.16. The summed E-state index contributed by atoms with van der Waals surface area (Å²) < 4.78 is 23.2. The molecule has 1 fully saturated rings. The first-order chi connectivity index (χ1) is 15.5. The Morgan fingerprint density at radius 2 is 1.75 bits per heavy atom. The highest BCUT2D eigenvalue weighted by molar-refractivity contribution is 5.82. The molecular weight excluding hydrogens is 422 g/mol. The summed E-state index contributed by atoms with van der Waals surface area (Å²) >= 11 is 0. The molecule has 3 heterocycles. The summed E-state index contributed by atoms with van der Waals surface area (Å²) in [6.45, 7) is -0.0402. The summed E-state index contributed by atoms with van der Waals surface area (Å²) in [5, 5.41) is 32.9. The van der Waals surface area contributed by atoms with Gasteiger partial charge in [-0.05, 0) is 17.7 Å². The van der Waals surface area contributed by atoms with E-state index in [0.29, 0.717) is 40.8 Å². The van der Waals surface area contributed by atoms with Crippen LogP contribution in [0.15, 0.2) is 24.8 Å². The number of imidazole rings is 1. The van der Waals surface area contributed by atoms with E-state index in [9.17, 15) is 15.3 Å². The standard InChI is InChI=1S/C20H25N5O7/c1-29-11-4-10(5-12(30-2)17(11)31-3)6-21-18-14-19(23-8-22-18)25(9-24-14)20-16(28)15(27)13(7-26)32-20/h4-5,8-9,13,15-16,20,26-28H,6-7H2,1-3H3,(H,21,22,23)/t13-,15-,16-,20-/m1/s1. The van der Waals surface area contributed by atoms with Crippen LogP contribution in [0.3, 0.4) is 0 Å². The first kappa shape index (κ1) is 22.0. The predicted octanol–water partition coefficient (Wildman–Crippen LogP) is 0.0757. The molecule has 0 saturated carbocycles. The number of aliphatic hydroxyl groups is 3. The van der Waals surface area contributed by atoms with Crippen LogP contribution >= 0.6 is 0 Å². The Balaban J connectivity index is 1.59. The van der Waals surface area contributed by atoms with E-state index in [1.165, 1.54) is 17.2 Å². The number of aromatic nitrogens is 4. The van der Waals surface area contributed by atoms with Gasteiger partial charge in [0.15, 0.2) is 34.7 Å². The molecule has 0 unspecified atom stereocenters. The highest BCUT2D eigenvalue weighted by Gasteiger charge is 2.44. The minimum absolute atomic E-state index is 0.379. The topological polar surface area (TPSA) is 153 Å². The molecule has 0 amide bonds. The summed E-state index contributed by atoms with van der Waals surface area (Å²) in [6, 6.07) is 3.65. The van der Waals surface area contributed by atoms with Crippen molar-refractivity contribution in [2.45, 2.75) is 31.1 Å². The van der Waals surface area contributed by atoms with Crippen molar-refractivity contribution in [2.24, 2.45) is 0 Å². The number of methoxy groups -OCH3 is 3. The van der Waals surface area contributed by atoms with Crippen LogP contribution in [0.2, 0.25) is 0 Å². The van der Waals surface area contributed by atoms with Crippen LogP contribution in [0.5, 0.6) is 17.2 Å². The molecule has 12 nitrogen and oxygen atoms in total. The predicted molar refractivity (Wildman–Crippen MR) is 112 cm³/mol.